The molecule has 0 saturated carbocycles. The van der Waals surface area contributed by atoms with Gasteiger partial charge in [0.05, 0.1) is 0 Å². The van der Waals surface area contributed by atoms with Crippen molar-refractivity contribution in [2.24, 2.45) is 0 Å². The van der Waals surface area contributed by atoms with E-state index in [0.29, 0.717) is 32.3 Å². The van der Waals surface area contributed by atoms with E-state index in [1.165, 1.54) is 11.1 Å². The van der Waals surface area contributed by atoms with Gasteiger partial charge >= 0.3 is 5.97 Å². The van der Waals surface area contributed by atoms with Gasteiger partial charge in [0.2, 0.25) is 0 Å². The number of carbonyl (C=O) groups excluding carboxylic acids is 2. The highest BCUT2D eigenvalue weighted by atomic mass is 16.5. The van der Waals surface area contributed by atoms with E-state index in [1.54, 1.807) is 0 Å². The fraction of sp³-hybridized carbons (Fsp3) is 0.700. The number of hydrogen-bond donors (Lipinski definition) is 0. The van der Waals surface area contributed by atoms with Gasteiger partial charge < -0.3 is 4.74 Å². The van der Waals surface area contributed by atoms with Crippen LogP contribution >= 0.6 is 0 Å². The Morgan fingerprint density at radius 1 is 0.870 bits per heavy atom. The monoisotopic (exact) mass is 322 g/mol. The van der Waals surface area contributed by atoms with Crippen LogP contribution in [0.25, 0.3) is 0 Å². The maximum atomic E-state index is 11.6. The normalized spacial score (nSPS) is 11.2. The lowest BCUT2D eigenvalue weighted by Gasteiger charge is -2.04. The van der Waals surface area contributed by atoms with Crippen molar-refractivity contribution in [1.82, 2.24) is 0 Å². The maximum absolute atomic E-state index is 11.6. The zero-order valence-corrected chi connectivity index (χ0v) is 15.5. The molecule has 0 aliphatic rings. The third-order valence-corrected chi connectivity index (χ3v) is 3.66. The fourth-order valence-corrected chi connectivity index (χ4v) is 2.17. The topological polar surface area (TPSA) is 43.4 Å². The van der Waals surface area contributed by atoms with Crippen molar-refractivity contribution in [2.45, 2.75) is 85.5 Å². The van der Waals surface area contributed by atoms with Gasteiger partial charge in [-0.25, -0.2) is 0 Å². The second-order valence-corrected chi connectivity index (χ2v) is 6.40. The smallest absolute Gasteiger partial charge is 0.306 e. The molecule has 0 aromatic heterocycles. The Hall–Kier alpha value is -1.38. The molecule has 0 amide bonds. The third kappa shape index (κ3) is 15.3. The van der Waals surface area contributed by atoms with Crippen molar-refractivity contribution < 1.29 is 14.3 Å². The van der Waals surface area contributed by atoms with Crippen LogP contribution in [-0.4, -0.2) is 18.4 Å². The minimum atomic E-state index is -0.209. The van der Waals surface area contributed by atoms with Crippen LogP contribution in [0, 0.1) is 0 Å². The molecule has 0 fully saturated rings. The first kappa shape index (κ1) is 21.6. The van der Waals surface area contributed by atoms with E-state index >= 15 is 0 Å². The largest absolute Gasteiger partial charge is 0.461 e. The standard InChI is InChI=1S/C20H34O3/c1-5-6-7-12-19(21)13-9-14-20(22)23-16-15-18(4)11-8-10-17(2)3/h10,15H,5-9,11-14,16H2,1-4H3. The molecule has 0 unspecified atom stereocenters. The first-order chi connectivity index (χ1) is 11.0. The van der Waals surface area contributed by atoms with Crippen LogP contribution in [0.3, 0.4) is 0 Å². The number of Topliss-reactive ketones (excluding diaryl/α,β-unsaturated/α-hetero) is 1. The number of carbonyl (C=O) groups is 2. The van der Waals surface area contributed by atoms with Gasteiger partial charge in [0, 0.05) is 19.3 Å². The van der Waals surface area contributed by atoms with Gasteiger partial charge in [0.1, 0.15) is 12.4 Å². The first-order valence-corrected chi connectivity index (χ1v) is 8.92. The summed E-state index contributed by atoms with van der Waals surface area (Å²) in [6.45, 7) is 8.70. The van der Waals surface area contributed by atoms with Crippen LogP contribution in [0.4, 0.5) is 0 Å². The van der Waals surface area contributed by atoms with Crippen molar-refractivity contribution in [1.29, 1.82) is 0 Å². The summed E-state index contributed by atoms with van der Waals surface area (Å²) in [6, 6.07) is 0. The summed E-state index contributed by atoms with van der Waals surface area (Å²) in [7, 11) is 0. The zero-order valence-electron chi connectivity index (χ0n) is 15.5. The quantitative estimate of drug-likeness (QED) is 0.254. The summed E-state index contributed by atoms with van der Waals surface area (Å²) >= 11 is 0. The lowest BCUT2D eigenvalue weighted by Crippen LogP contribution is -2.06. The molecule has 3 heteroatoms. The zero-order chi connectivity index (χ0) is 17.5. The van der Waals surface area contributed by atoms with Gasteiger partial charge in [-0.05, 0) is 52.5 Å². The molecular weight excluding hydrogens is 288 g/mol. The highest BCUT2D eigenvalue weighted by Crippen LogP contribution is 2.08. The molecule has 0 bridgehead atoms. The number of ether oxygens (including phenoxy) is 1. The van der Waals surface area contributed by atoms with Gasteiger partial charge in [-0.3, -0.25) is 9.59 Å². The highest BCUT2D eigenvalue weighted by Gasteiger charge is 2.06. The van der Waals surface area contributed by atoms with E-state index < -0.39 is 0 Å². The maximum Gasteiger partial charge on any atom is 0.306 e. The molecule has 0 saturated heterocycles. The number of allylic oxidation sites excluding steroid dienone is 3. The second kappa shape index (κ2) is 14.2. The summed E-state index contributed by atoms with van der Waals surface area (Å²) in [4.78, 5) is 23.2. The Kier molecular flexibility index (Phi) is 13.4. The van der Waals surface area contributed by atoms with Crippen molar-refractivity contribution in [3.63, 3.8) is 0 Å². The molecule has 0 aromatic rings. The van der Waals surface area contributed by atoms with Crippen LogP contribution < -0.4 is 0 Å². The van der Waals surface area contributed by atoms with Gasteiger partial charge in [-0.1, -0.05) is 37.0 Å². The number of rotatable bonds is 13. The Balaban J connectivity index is 3.70. The fourth-order valence-electron chi connectivity index (χ4n) is 2.17. The molecule has 0 spiro atoms. The van der Waals surface area contributed by atoms with Crippen LogP contribution in [0.1, 0.15) is 85.5 Å². The van der Waals surface area contributed by atoms with Crippen molar-refractivity contribution in [3.8, 4) is 0 Å². The molecule has 0 heterocycles. The molecule has 0 aromatic carbocycles. The lowest BCUT2D eigenvalue weighted by atomic mass is 10.1. The van der Waals surface area contributed by atoms with E-state index in [4.69, 9.17) is 4.74 Å². The minimum Gasteiger partial charge on any atom is -0.461 e. The molecule has 23 heavy (non-hydrogen) atoms. The molecule has 0 atom stereocenters. The van der Waals surface area contributed by atoms with E-state index in [9.17, 15) is 9.59 Å². The van der Waals surface area contributed by atoms with Crippen LogP contribution in [-0.2, 0) is 14.3 Å². The number of esters is 1. The summed E-state index contributed by atoms with van der Waals surface area (Å²) in [5, 5.41) is 0. The van der Waals surface area contributed by atoms with Crippen molar-refractivity contribution in [2.75, 3.05) is 6.61 Å². The number of ketones is 1. The third-order valence-electron chi connectivity index (χ3n) is 3.66. The van der Waals surface area contributed by atoms with Crippen LogP contribution in [0.15, 0.2) is 23.3 Å². The number of unbranched alkanes of at least 4 members (excludes halogenated alkanes) is 2. The number of hydrogen-bond acceptors (Lipinski definition) is 3. The molecule has 0 rings (SSSR count). The highest BCUT2D eigenvalue weighted by molar-refractivity contribution is 5.79. The molecule has 0 aliphatic heterocycles. The minimum absolute atomic E-state index is 0.209. The van der Waals surface area contributed by atoms with Crippen LogP contribution in [0.2, 0.25) is 0 Å². The average Bonchev–Trinajstić information content (AvgIpc) is 2.47. The predicted molar refractivity (Wildman–Crippen MR) is 96.4 cm³/mol. The summed E-state index contributed by atoms with van der Waals surface area (Å²) in [5.74, 6) is 0.0565. The Labute approximate surface area is 142 Å². The van der Waals surface area contributed by atoms with E-state index in [-0.39, 0.29) is 11.8 Å². The Bertz CT molecular complexity index is 401. The second-order valence-electron chi connectivity index (χ2n) is 6.40. The molecule has 132 valence electrons. The summed E-state index contributed by atoms with van der Waals surface area (Å²) in [6.07, 6.45) is 11.5. The lowest BCUT2D eigenvalue weighted by molar-refractivity contribution is -0.142. The first-order valence-electron chi connectivity index (χ1n) is 8.92. The molecule has 0 aliphatic carbocycles. The summed E-state index contributed by atoms with van der Waals surface area (Å²) in [5.41, 5.74) is 2.56. The van der Waals surface area contributed by atoms with Gasteiger partial charge in [0.25, 0.3) is 0 Å². The van der Waals surface area contributed by atoms with E-state index in [0.717, 1.165) is 32.1 Å². The van der Waals surface area contributed by atoms with Gasteiger partial charge in [-0.2, -0.15) is 0 Å². The summed E-state index contributed by atoms with van der Waals surface area (Å²) < 4.78 is 5.18. The predicted octanol–water partition coefficient (Wildman–Crippen LogP) is 5.54. The van der Waals surface area contributed by atoms with E-state index in [1.807, 2.05) is 6.08 Å². The van der Waals surface area contributed by atoms with Crippen molar-refractivity contribution >= 4 is 11.8 Å². The molecule has 3 nitrogen and oxygen atoms in total. The Morgan fingerprint density at radius 3 is 2.22 bits per heavy atom. The molecule has 0 radical (unpaired) electrons. The SMILES string of the molecule is CCCCCC(=O)CCCC(=O)OCC=C(C)CCC=C(C)C. The van der Waals surface area contributed by atoms with Crippen LogP contribution in [0.5, 0.6) is 0 Å². The van der Waals surface area contributed by atoms with E-state index in [2.05, 4.69) is 33.8 Å². The van der Waals surface area contributed by atoms with Crippen molar-refractivity contribution in [3.05, 3.63) is 23.3 Å². The Morgan fingerprint density at radius 2 is 1.57 bits per heavy atom. The molecular formula is C20H34O3. The van der Waals surface area contributed by atoms with Gasteiger partial charge in [0.15, 0.2) is 0 Å². The molecule has 0 N–H and O–H groups in total. The average molecular weight is 322 g/mol. The van der Waals surface area contributed by atoms with Gasteiger partial charge in [-0.15, -0.1) is 0 Å².